The second-order valence-corrected chi connectivity index (χ2v) is 10.6. The molecule has 0 aromatic carbocycles. The maximum Gasteiger partial charge on any atom is 0.490 e. The van der Waals surface area contributed by atoms with E-state index in [-0.39, 0.29) is 45.9 Å². The molecule has 6 rings (SSSR count). The first-order chi connectivity index (χ1) is 18.0. The van der Waals surface area contributed by atoms with Gasteiger partial charge in [-0.05, 0) is 53.5 Å². The number of nitrogens with one attached hydrogen (secondary N) is 1. The number of hydrogen-bond donors (Lipinski definition) is 2. The fourth-order valence-electron chi connectivity index (χ4n) is 4.85. The number of pyridine rings is 1. The van der Waals surface area contributed by atoms with E-state index in [1.54, 1.807) is 41.4 Å². The SMILES string of the molecule is CC(C)Oc1c(NC(=O)c2ccn(C(C)C)n2)cn2cc(C34COC(C)(C3)C4)nc2c1F.O=C(O)C(F)(F)F. The van der Waals surface area contributed by atoms with Crippen molar-refractivity contribution < 1.29 is 41.7 Å². The molecule has 2 bridgehead atoms. The van der Waals surface area contributed by atoms with Gasteiger partial charge < -0.3 is 24.3 Å². The van der Waals surface area contributed by atoms with Gasteiger partial charge in [0.1, 0.15) is 5.69 Å². The molecule has 39 heavy (non-hydrogen) atoms. The zero-order valence-electron chi connectivity index (χ0n) is 22.0. The van der Waals surface area contributed by atoms with Crippen LogP contribution >= 0.6 is 0 Å². The van der Waals surface area contributed by atoms with Gasteiger partial charge in [0.05, 0.1) is 24.0 Å². The molecule has 3 aromatic heterocycles. The summed E-state index contributed by atoms with van der Waals surface area (Å²) in [7, 11) is 0. The van der Waals surface area contributed by atoms with Crippen LogP contribution in [0, 0.1) is 5.82 Å². The molecule has 3 aliphatic rings. The molecule has 0 spiro atoms. The number of aliphatic carboxylic acids is 1. The number of nitrogens with zero attached hydrogens (tertiary/aromatic N) is 4. The van der Waals surface area contributed by atoms with Gasteiger partial charge in [-0.3, -0.25) is 9.48 Å². The van der Waals surface area contributed by atoms with E-state index in [9.17, 15) is 18.0 Å². The Hall–Kier alpha value is -3.68. The van der Waals surface area contributed by atoms with E-state index in [4.69, 9.17) is 19.4 Å². The van der Waals surface area contributed by atoms with Crippen LogP contribution in [0.3, 0.4) is 0 Å². The first-order valence-corrected chi connectivity index (χ1v) is 12.2. The van der Waals surface area contributed by atoms with Crippen molar-refractivity contribution in [3.8, 4) is 5.75 Å². The first-order valence-electron chi connectivity index (χ1n) is 12.2. The van der Waals surface area contributed by atoms with Gasteiger partial charge in [0.15, 0.2) is 17.1 Å². The Kier molecular flexibility index (Phi) is 7.13. The average Bonchev–Trinajstić information content (AvgIpc) is 3.57. The molecule has 1 aliphatic carbocycles. The van der Waals surface area contributed by atoms with Crippen molar-refractivity contribution in [2.45, 2.75) is 76.8 Å². The molecule has 0 radical (unpaired) electrons. The molecule has 1 amide bonds. The van der Waals surface area contributed by atoms with Gasteiger partial charge in [-0.1, -0.05) is 0 Å². The third-order valence-electron chi connectivity index (χ3n) is 6.52. The number of carboxylic acid groups (broad SMARTS) is 1. The van der Waals surface area contributed by atoms with E-state index in [0.717, 1.165) is 18.5 Å². The summed E-state index contributed by atoms with van der Waals surface area (Å²) in [6.45, 7) is 10.2. The van der Waals surface area contributed by atoms with Crippen LogP contribution in [0.2, 0.25) is 0 Å². The Labute approximate surface area is 220 Å². The molecule has 2 aliphatic heterocycles. The zero-order valence-corrected chi connectivity index (χ0v) is 22.0. The highest BCUT2D eigenvalue weighted by Crippen LogP contribution is 2.58. The number of rotatable bonds is 6. The lowest BCUT2D eigenvalue weighted by molar-refractivity contribution is -0.192. The predicted octanol–water partition coefficient (Wildman–Crippen LogP) is 4.74. The highest BCUT2D eigenvalue weighted by molar-refractivity contribution is 6.03. The van der Waals surface area contributed by atoms with Crippen LogP contribution in [0.1, 0.15) is 69.7 Å². The summed E-state index contributed by atoms with van der Waals surface area (Å²) >= 11 is 0. The van der Waals surface area contributed by atoms with Crippen molar-refractivity contribution in [2.75, 3.05) is 11.9 Å². The molecule has 212 valence electrons. The minimum Gasteiger partial charge on any atom is -0.486 e. The van der Waals surface area contributed by atoms with Gasteiger partial charge in [-0.15, -0.1) is 0 Å². The van der Waals surface area contributed by atoms with Gasteiger partial charge in [-0.25, -0.2) is 9.78 Å². The number of imidazole rings is 1. The fourth-order valence-corrected chi connectivity index (χ4v) is 4.85. The molecule has 3 aromatic rings. The smallest absolute Gasteiger partial charge is 0.486 e. The van der Waals surface area contributed by atoms with Crippen molar-refractivity contribution in [2.24, 2.45) is 0 Å². The summed E-state index contributed by atoms with van der Waals surface area (Å²) < 4.78 is 62.2. The third kappa shape index (κ3) is 5.56. The average molecular weight is 556 g/mol. The molecule has 0 atom stereocenters. The number of carbonyl (C=O) groups is 2. The highest BCUT2D eigenvalue weighted by Gasteiger charge is 2.61. The lowest BCUT2D eigenvalue weighted by atomic mass is 9.62. The number of amides is 1. The normalized spacial score (nSPS) is 22.0. The Balaban J connectivity index is 0.000000448. The Bertz CT molecular complexity index is 1410. The van der Waals surface area contributed by atoms with Crippen LogP contribution < -0.4 is 10.1 Å². The fraction of sp³-hybridized carbons (Fsp3) is 0.520. The van der Waals surface area contributed by atoms with E-state index in [1.807, 2.05) is 20.0 Å². The number of fused-ring (bicyclic) bond motifs is 2. The zero-order chi connectivity index (χ0) is 28.9. The van der Waals surface area contributed by atoms with Crippen LogP contribution in [0.15, 0.2) is 24.7 Å². The first kappa shape index (κ1) is 28.3. The molecular weight excluding hydrogens is 526 g/mol. The van der Waals surface area contributed by atoms with E-state index in [1.165, 1.54) is 0 Å². The van der Waals surface area contributed by atoms with Gasteiger partial charge >= 0.3 is 12.1 Å². The second kappa shape index (κ2) is 9.81. The summed E-state index contributed by atoms with van der Waals surface area (Å²) in [4.78, 5) is 26.3. The molecule has 2 N–H and O–H groups in total. The van der Waals surface area contributed by atoms with Crippen LogP contribution in [0.4, 0.5) is 23.2 Å². The molecule has 3 fully saturated rings. The number of carboxylic acids is 1. The van der Waals surface area contributed by atoms with Crippen LogP contribution in [0.5, 0.6) is 5.75 Å². The van der Waals surface area contributed by atoms with Gasteiger partial charge in [0.2, 0.25) is 5.82 Å². The van der Waals surface area contributed by atoms with E-state index < -0.39 is 23.9 Å². The number of aromatic nitrogens is 4. The lowest BCUT2D eigenvalue weighted by Crippen LogP contribution is -2.45. The maximum absolute atomic E-state index is 15.6. The van der Waals surface area contributed by atoms with Crippen LogP contribution in [0.25, 0.3) is 5.65 Å². The van der Waals surface area contributed by atoms with Crippen molar-refractivity contribution in [3.63, 3.8) is 0 Å². The van der Waals surface area contributed by atoms with Gasteiger partial charge in [0, 0.05) is 30.0 Å². The summed E-state index contributed by atoms with van der Waals surface area (Å²) in [6, 6.07) is 1.76. The molecular formula is C25H29F4N5O5. The molecule has 5 heterocycles. The number of hydrogen-bond acceptors (Lipinski definition) is 6. The monoisotopic (exact) mass is 555 g/mol. The Morgan fingerprint density at radius 2 is 1.85 bits per heavy atom. The topological polar surface area (TPSA) is 120 Å². The highest BCUT2D eigenvalue weighted by atomic mass is 19.4. The number of alkyl halides is 3. The number of ether oxygens (including phenoxy) is 2. The van der Waals surface area contributed by atoms with E-state index in [0.29, 0.717) is 6.61 Å². The van der Waals surface area contributed by atoms with Gasteiger partial charge in [0.25, 0.3) is 5.91 Å². The van der Waals surface area contributed by atoms with Crippen LogP contribution in [-0.4, -0.2) is 60.6 Å². The van der Waals surface area contributed by atoms with Crippen molar-refractivity contribution in [1.82, 2.24) is 19.2 Å². The molecule has 10 nitrogen and oxygen atoms in total. The number of halogens is 4. The van der Waals surface area contributed by atoms with Crippen molar-refractivity contribution in [1.29, 1.82) is 0 Å². The minimum atomic E-state index is -5.08. The summed E-state index contributed by atoms with van der Waals surface area (Å²) in [5, 5.41) is 14.2. The van der Waals surface area contributed by atoms with Gasteiger partial charge in [-0.2, -0.15) is 22.7 Å². The number of anilines is 1. The quantitative estimate of drug-likeness (QED) is 0.422. The van der Waals surface area contributed by atoms with E-state index in [2.05, 4.69) is 22.3 Å². The maximum atomic E-state index is 15.6. The molecule has 14 heteroatoms. The summed E-state index contributed by atoms with van der Waals surface area (Å²) in [5.74, 6) is -3.82. The predicted molar refractivity (Wildman–Crippen MR) is 130 cm³/mol. The summed E-state index contributed by atoms with van der Waals surface area (Å²) in [5.41, 5.74) is 1.19. The second-order valence-electron chi connectivity index (χ2n) is 10.6. The lowest BCUT2D eigenvalue weighted by Gasteiger charge is -2.41. The number of carbonyl (C=O) groups excluding carboxylic acids is 1. The van der Waals surface area contributed by atoms with Crippen molar-refractivity contribution >= 4 is 23.2 Å². The van der Waals surface area contributed by atoms with Crippen LogP contribution in [-0.2, 0) is 14.9 Å². The third-order valence-corrected chi connectivity index (χ3v) is 6.52. The standard InChI is InChI=1S/C23H28FN5O3.C2HF3O2/c1-13(2)29-7-6-15(27-29)21(30)25-16-8-28-9-17(23-10-22(5,11-23)31-12-23)26-20(28)18(24)19(16)32-14(3)4;3-2(4,5)1(6)7/h6-9,13-14H,10-12H2,1-5H3,(H,25,30);(H,6,7). The van der Waals surface area contributed by atoms with E-state index >= 15 is 4.39 Å². The Morgan fingerprint density at radius 1 is 1.21 bits per heavy atom. The molecule has 2 saturated heterocycles. The summed E-state index contributed by atoms with van der Waals surface area (Å²) in [6.07, 6.45) is 1.60. The molecule has 1 saturated carbocycles. The van der Waals surface area contributed by atoms with Crippen molar-refractivity contribution in [3.05, 3.63) is 41.9 Å². The Morgan fingerprint density at radius 3 is 2.33 bits per heavy atom. The molecule has 0 unspecified atom stereocenters. The minimum absolute atomic E-state index is 0.0279. The largest absolute Gasteiger partial charge is 0.490 e.